The highest BCUT2D eigenvalue weighted by molar-refractivity contribution is 6.30. The van der Waals surface area contributed by atoms with Gasteiger partial charge in [0.15, 0.2) is 5.69 Å². The molecule has 2 aromatic carbocycles. The molecule has 0 spiro atoms. The Morgan fingerprint density at radius 3 is 2.80 bits per heavy atom. The van der Waals surface area contributed by atoms with Gasteiger partial charge in [-0.2, -0.15) is 0 Å². The van der Waals surface area contributed by atoms with Crippen molar-refractivity contribution in [2.24, 2.45) is 0 Å². The van der Waals surface area contributed by atoms with Crippen LogP contribution in [0.25, 0.3) is 5.69 Å². The predicted octanol–water partition coefficient (Wildman–Crippen LogP) is 3.17. The van der Waals surface area contributed by atoms with Gasteiger partial charge in [-0.15, -0.1) is 5.10 Å². The number of hydrogen-bond donors (Lipinski definition) is 1. The largest absolute Gasteiger partial charge is 0.497 e. The number of amides is 1. The second-order valence-corrected chi connectivity index (χ2v) is 5.89. The van der Waals surface area contributed by atoms with E-state index in [1.165, 1.54) is 0 Å². The molecule has 1 aromatic heterocycles. The van der Waals surface area contributed by atoms with E-state index in [1.54, 1.807) is 24.8 Å². The zero-order chi connectivity index (χ0) is 17.8. The molecule has 0 aliphatic carbocycles. The number of ether oxygens (including phenoxy) is 1. The van der Waals surface area contributed by atoms with Gasteiger partial charge in [-0.25, -0.2) is 4.68 Å². The molecule has 0 saturated carbocycles. The van der Waals surface area contributed by atoms with Crippen molar-refractivity contribution >= 4 is 17.5 Å². The maximum absolute atomic E-state index is 12.4. The number of nitrogens with one attached hydrogen (secondary N) is 1. The molecule has 0 aliphatic rings. The third kappa shape index (κ3) is 3.80. The summed E-state index contributed by atoms with van der Waals surface area (Å²) in [4.78, 5) is 12.4. The normalized spacial score (nSPS) is 10.5. The van der Waals surface area contributed by atoms with Crippen molar-refractivity contribution in [2.75, 3.05) is 7.11 Å². The van der Waals surface area contributed by atoms with Gasteiger partial charge in [-0.3, -0.25) is 4.79 Å². The van der Waals surface area contributed by atoms with Crippen molar-refractivity contribution in [3.8, 4) is 11.4 Å². The number of rotatable bonds is 5. The molecule has 0 atom stereocenters. The van der Waals surface area contributed by atoms with Crippen LogP contribution < -0.4 is 10.1 Å². The molecular weight excluding hydrogens is 340 g/mol. The Kier molecular flexibility index (Phi) is 5.00. The highest BCUT2D eigenvalue weighted by Crippen LogP contribution is 2.18. The number of nitrogens with zero attached hydrogens (tertiary/aromatic N) is 3. The third-order valence-corrected chi connectivity index (χ3v) is 3.98. The summed E-state index contributed by atoms with van der Waals surface area (Å²) in [6.07, 6.45) is 0. The topological polar surface area (TPSA) is 69.0 Å². The highest BCUT2D eigenvalue weighted by Gasteiger charge is 2.17. The van der Waals surface area contributed by atoms with E-state index in [2.05, 4.69) is 15.6 Å². The minimum absolute atomic E-state index is 0.282. The molecule has 0 saturated heterocycles. The van der Waals surface area contributed by atoms with Gasteiger partial charge in [0, 0.05) is 17.6 Å². The smallest absolute Gasteiger partial charge is 0.274 e. The molecule has 0 aliphatic heterocycles. The van der Waals surface area contributed by atoms with Crippen molar-refractivity contribution in [1.82, 2.24) is 20.3 Å². The first-order valence-corrected chi connectivity index (χ1v) is 8.05. The van der Waals surface area contributed by atoms with Gasteiger partial charge in [0.05, 0.1) is 18.5 Å². The lowest BCUT2D eigenvalue weighted by Crippen LogP contribution is -2.24. The summed E-state index contributed by atoms with van der Waals surface area (Å²) in [5.41, 5.74) is 2.62. The molecule has 25 heavy (non-hydrogen) atoms. The van der Waals surface area contributed by atoms with Gasteiger partial charge < -0.3 is 10.1 Å². The summed E-state index contributed by atoms with van der Waals surface area (Å²) in [7, 11) is 1.60. The minimum atomic E-state index is -0.286. The van der Waals surface area contributed by atoms with Gasteiger partial charge in [0.2, 0.25) is 0 Å². The molecule has 0 unspecified atom stereocenters. The molecule has 0 fully saturated rings. The number of aromatic nitrogens is 3. The molecule has 3 rings (SSSR count). The monoisotopic (exact) mass is 356 g/mol. The molecule has 1 N–H and O–H groups in total. The zero-order valence-corrected chi connectivity index (χ0v) is 14.6. The van der Waals surface area contributed by atoms with Crippen molar-refractivity contribution in [3.63, 3.8) is 0 Å². The Balaban J connectivity index is 1.77. The first-order chi connectivity index (χ1) is 12.1. The second-order valence-electron chi connectivity index (χ2n) is 5.45. The Bertz CT molecular complexity index is 908. The van der Waals surface area contributed by atoms with E-state index in [4.69, 9.17) is 16.3 Å². The van der Waals surface area contributed by atoms with E-state index in [9.17, 15) is 4.79 Å². The summed E-state index contributed by atoms with van der Waals surface area (Å²) in [5.74, 6) is 0.422. The first-order valence-electron chi connectivity index (χ1n) is 7.68. The van der Waals surface area contributed by atoms with Crippen LogP contribution in [0.2, 0.25) is 5.02 Å². The van der Waals surface area contributed by atoms with E-state index >= 15 is 0 Å². The molecular formula is C18H17ClN4O2. The number of halogens is 1. The summed E-state index contributed by atoms with van der Waals surface area (Å²) in [6.45, 7) is 2.17. The van der Waals surface area contributed by atoms with E-state index in [0.29, 0.717) is 23.0 Å². The van der Waals surface area contributed by atoms with E-state index in [-0.39, 0.29) is 11.6 Å². The Morgan fingerprint density at radius 1 is 1.24 bits per heavy atom. The van der Waals surface area contributed by atoms with Crippen LogP contribution in [-0.4, -0.2) is 28.0 Å². The number of benzene rings is 2. The third-order valence-electron chi connectivity index (χ3n) is 3.75. The second kappa shape index (κ2) is 7.36. The van der Waals surface area contributed by atoms with E-state index in [0.717, 1.165) is 11.3 Å². The average molecular weight is 357 g/mol. The zero-order valence-electron chi connectivity index (χ0n) is 13.9. The SMILES string of the molecule is COc1cccc(-n2nnc(C(=O)NCc3cccc(Cl)c3)c2C)c1. The summed E-state index contributed by atoms with van der Waals surface area (Å²) in [6, 6.07) is 14.7. The van der Waals surface area contributed by atoms with Crippen LogP contribution >= 0.6 is 11.6 Å². The van der Waals surface area contributed by atoms with Gasteiger partial charge in [-0.05, 0) is 36.8 Å². The van der Waals surface area contributed by atoms with E-state index in [1.807, 2.05) is 42.5 Å². The quantitative estimate of drug-likeness (QED) is 0.762. The highest BCUT2D eigenvalue weighted by atomic mass is 35.5. The fraction of sp³-hybridized carbons (Fsp3) is 0.167. The maximum Gasteiger partial charge on any atom is 0.274 e. The molecule has 1 heterocycles. The number of methoxy groups -OCH3 is 1. The van der Waals surface area contributed by atoms with Crippen LogP contribution in [0.1, 0.15) is 21.7 Å². The number of carbonyl (C=O) groups is 1. The van der Waals surface area contributed by atoms with Crippen LogP contribution in [0.3, 0.4) is 0 Å². The van der Waals surface area contributed by atoms with Crippen LogP contribution in [-0.2, 0) is 6.54 Å². The lowest BCUT2D eigenvalue weighted by atomic mass is 10.2. The van der Waals surface area contributed by atoms with Crippen molar-refractivity contribution in [1.29, 1.82) is 0 Å². The average Bonchev–Trinajstić information content (AvgIpc) is 3.01. The van der Waals surface area contributed by atoms with Gasteiger partial charge in [-0.1, -0.05) is 35.0 Å². The fourth-order valence-corrected chi connectivity index (χ4v) is 2.65. The molecule has 7 heteroatoms. The van der Waals surface area contributed by atoms with Crippen LogP contribution in [0, 0.1) is 6.92 Å². The van der Waals surface area contributed by atoms with Crippen molar-refractivity contribution in [2.45, 2.75) is 13.5 Å². The molecule has 128 valence electrons. The molecule has 0 radical (unpaired) electrons. The van der Waals surface area contributed by atoms with Crippen LogP contribution in [0.5, 0.6) is 5.75 Å². The first kappa shape index (κ1) is 17.0. The number of carbonyl (C=O) groups excluding carboxylic acids is 1. The van der Waals surface area contributed by atoms with Gasteiger partial charge in [0.25, 0.3) is 5.91 Å². The fourth-order valence-electron chi connectivity index (χ4n) is 2.44. The minimum Gasteiger partial charge on any atom is -0.497 e. The summed E-state index contributed by atoms with van der Waals surface area (Å²) in [5, 5.41) is 11.6. The van der Waals surface area contributed by atoms with Crippen molar-refractivity contribution < 1.29 is 9.53 Å². The number of hydrogen-bond acceptors (Lipinski definition) is 4. The summed E-state index contributed by atoms with van der Waals surface area (Å²) >= 11 is 5.95. The molecule has 0 bridgehead atoms. The van der Waals surface area contributed by atoms with Gasteiger partial charge in [0.1, 0.15) is 5.75 Å². The van der Waals surface area contributed by atoms with E-state index < -0.39 is 0 Å². The Labute approximate surface area is 150 Å². The summed E-state index contributed by atoms with van der Waals surface area (Å²) < 4.78 is 6.82. The van der Waals surface area contributed by atoms with Crippen molar-refractivity contribution in [3.05, 3.63) is 70.5 Å². The van der Waals surface area contributed by atoms with Gasteiger partial charge >= 0.3 is 0 Å². The van der Waals surface area contributed by atoms with Crippen LogP contribution in [0.4, 0.5) is 0 Å². The lowest BCUT2D eigenvalue weighted by molar-refractivity contribution is 0.0945. The maximum atomic E-state index is 12.4. The lowest BCUT2D eigenvalue weighted by Gasteiger charge is -2.07. The Morgan fingerprint density at radius 2 is 2.04 bits per heavy atom. The molecule has 3 aromatic rings. The molecule has 1 amide bonds. The standard InChI is InChI=1S/C18H17ClN4O2/c1-12-17(18(24)20-11-13-5-3-6-14(19)9-13)21-22-23(12)15-7-4-8-16(10-15)25-2/h3-10H,11H2,1-2H3,(H,20,24). The Hall–Kier alpha value is -2.86. The van der Waals surface area contributed by atoms with Crippen LogP contribution in [0.15, 0.2) is 48.5 Å². The molecule has 6 nitrogen and oxygen atoms in total. The predicted molar refractivity (Wildman–Crippen MR) is 95.3 cm³/mol.